The lowest BCUT2D eigenvalue weighted by atomic mass is 10.2. The molecule has 0 fully saturated rings. The van der Waals surface area contributed by atoms with Gasteiger partial charge in [-0.15, -0.1) is 11.3 Å². The maximum absolute atomic E-state index is 10.7. The Kier molecular flexibility index (Phi) is 3.11. The number of aryl methyl sites for hydroxylation is 1. The molecule has 1 N–H and O–H groups in total. The summed E-state index contributed by atoms with van der Waals surface area (Å²) in [6, 6.07) is 3.90. The fraction of sp³-hybridized carbons (Fsp3) is 0.200. The third kappa shape index (κ3) is 2.33. The van der Waals surface area contributed by atoms with Crippen molar-refractivity contribution in [3.8, 4) is 10.4 Å². The van der Waals surface area contributed by atoms with Crippen molar-refractivity contribution in [1.82, 2.24) is 9.78 Å². The minimum atomic E-state index is -0.865. The highest BCUT2D eigenvalue weighted by molar-refractivity contribution is 9.11. The molecule has 0 aliphatic heterocycles. The van der Waals surface area contributed by atoms with Crippen LogP contribution in [0.25, 0.3) is 10.4 Å². The first-order valence-corrected chi connectivity index (χ1v) is 6.17. The molecule has 0 saturated heterocycles. The number of nitrogens with zero attached hydrogens (tertiary/aromatic N) is 2. The third-order valence-electron chi connectivity index (χ3n) is 2.06. The number of thiophene rings is 1. The van der Waals surface area contributed by atoms with Crippen LogP contribution in [0.5, 0.6) is 0 Å². The molecular weight excluding hydrogens is 292 g/mol. The molecule has 0 spiro atoms. The van der Waals surface area contributed by atoms with Gasteiger partial charge in [-0.25, -0.2) is 0 Å². The molecule has 16 heavy (non-hydrogen) atoms. The summed E-state index contributed by atoms with van der Waals surface area (Å²) in [7, 11) is 1.79. The average molecular weight is 301 g/mol. The van der Waals surface area contributed by atoms with Crippen molar-refractivity contribution in [3.05, 3.63) is 27.8 Å². The first-order chi connectivity index (χ1) is 7.56. The van der Waals surface area contributed by atoms with E-state index in [1.807, 2.05) is 18.3 Å². The van der Waals surface area contributed by atoms with Crippen LogP contribution in [0, 0.1) is 0 Å². The van der Waals surface area contributed by atoms with Gasteiger partial charge in [-0.1, -0.05) is 0 Å². The van der Waals surface area contributed by atoms with Crippen LogP contribution in [0.2, 0.25) is 0 Å². The molecule has 0 saturated carbocycles. The summed E-state index contributed by atoms with van der Waals surface area (Å²) < 4.78 is 2.66. The zero-order valence-electron chi connectivity index (χ0n) is 8.48. The quantitative estimate of drug-likeness (QED) is 0.948. The topological polar surface area (TPSA) is 55.1 Å². The van der Waals surface area contributed by atoms with Crippen molar-refractivity contribution >= 4 is 33.2 Å². The van der Waals surface area contributed by atoms with E-state index in [0.717, 1.165) is 14.2 Å². The normalized spacial score (nSPS) is 10.6. The van der Waals surface area contributed by atoms with Crippen molar-refractivity contribution < 1.29 is 9.90 Å². The summed E-state index contributed by atoms with van der Waals surface area (Å²) in [4.78, 5) is 11.7. The van der Waals surface area contributed by atoms with Gasteiger partial charge in [-0.05, 0) is 28.1 Å². The highest BCUT2D eigenvalue weighted by atomic mass is 79.9. The zero-order valence-corrected chi connectivity index (χ0v) is 10.9. The Bertz CT molecular complexity index is 533. The molecule has 0 atom stereocenters. The van der Waals surface area contributed by atoms with Gasteiger partial charge >= 0.3 is 5.97 Å². The van der Waals surface area contributed by atoms with Gasteiger partial charge in [-0.2, -0.15) is 5.10 Å². The molecule has 2 aromatic rings. The Morgan fingerprint density at radius 2 is 2.38 bits per heavy atom. The predicted octanol–water partition coefficient (Wildman–Crippen LogP) is 2.54. The molecule has 0 aliphatic carbocycles. The number of hydrogen-bond donors (Lipinski definition) is 1. The van der Waals surface area contributed by atoms with Crippen molar-refractivity contribution in [1.29, 1.82) is 0 Å². The molecule has 2 rings (SSSR count). The molecule has 0 amide bonds. The number of hydrogen-bond acceptors (Lipinski definition) is 3. The van der Waals surface area contributed by atoms with Crippen molar-refractivity contribution in [2.75, 3.05) is 0 Å². The van der Waals surface area contributed by atoms with Gasteiger partial charge in [0.15, 0.2) is 0 Å². The van der Waals surface area contributed by atoms with E-state index in [2.05, 4.69) is 21.0 Å². The molecule has 0 aromatic carbocycles. The Hall–Kier alpha value is -1.14. The van der Waals surface area contributed by atoms with E-state index in [1.54, 1.807) is 23.1 Å². The van der Waals surface area contributed by atoms with Crippen LogP contribution in [-0.2, 0) is 18.3 Å². The van der Waals surface area contributed by atoms with E-state index in [-0.39, 0.29) is 6.42 Å². The third-order valence-corrected chi connectivity index (χ3v) is 3.72. The molecule has 0 bridgehead atoms. The largest absolute Gasteiger partial charge is 0.481 e. The fourth-order valence-electron chi connectivity index (χ4n) is 1.47. The lowest BCUT2D eigenvalue weighted by Gasteiger charge is -1.95. The van der Waals surface area contributed by atoms with Gasteiger partial charge in [0.05, 0.1) is 15.9 Å². The second-order valence-electron chi connectivity index (χ2n) is 3.34. The fourth-order valence-corrected chi connectivity index (χ4v) is 2.89. The Morgan fingerprint density at radius 3 is 2.94 bits per heavy atom. The SMILES string of the molecule is Cn1cc(-c2ccc(Br)s2)c(CC(=O)O)n1. The number of aromatic nitrogens is 2. The van der Waals surface area contributed by atoms with Gasteiger partial charge in [-0.3, -0.25) is 9.48 Å². The van der Waals surface area contributed by atoms with Crippen LogP contribution in [0.4, 0.5) is 0 Å². The minimum absolute atomic E-state index is 0.0499. The van der Waals surface area contributed by atoms with E-state index >= 15 is 0 Å². The van der Waals surface area contributed by atoms with Crippen LogP contribution in [0.3, 0.4) is 0 Å². The van der Waals surface area contributed by atoms with Crippen LogP contribution >= 0.6 is 27.3 Å². The van der Waals surface area contributed by atoms with Gasteiger partial charge in [0, 0.05) is 23.7 Å². The Labute approximate surface area is 105 Å². The molecule has 0 unspecified atom stereocenters. The number of rotatable bonds is 3. The van der Waals surface area contributed by atoms with Gasteiger partial charge in [0.1, 0.15) is 0 Å². The van der Waals surface area contributed by atoms with Crippen LogP contribution in [0.15, 0.2) is 22.1 Å². The highest BCUT2D eigenvalue weighted by Gasteiger charge is 2.14. The first-order valence-electron chi connectivity index (χ1n) is 4.56. The van der Waals surface area contributed by atoms with Crippen molar-refractivity contribution in [3.63, 3.8) is 0 Å². The minimum Gasteiger partial charge on any atom is -0.481 e. The summed E-state index contributed by atoms with van der Waals surface area (Å²) >= 11 is 4.95. The van der Waals surface area contributed by atoms with Gasteiger partial charge in [0.25, 0.3) is 0 Å². The van der Waals surface area contributed by atoms with E-state index in [0.29, 0.717) is 5.69 Å². The summed E-state index contributed by atoms with van der Waals surface area (Å²) in [6.45, 7) is 0. The number of halogens is 1. The van der Waals surface area contributed by atoms with E-state index < -0.39 is 5.97 Å². The second kappa shape index (κ2) is 4.39. The average Bonchev–Trinajstić information content (AvgIpc) is 2.72. The lowest BCUT2D eigenvalue weighted by Crippen LogP contribution is -2.02. The maximum Gasteiger partial charge on any atom is 0.309 e. The predicted molar refractivity (Wildman–Crippen MR) is 65.6 cm³/mol. The van der Waals surface area contributed by atoms with E-state index in [1.165, 1.54) is 0 Å². The first kappa shape index (κ1) is 11.3. The number of aliphatic carboxylic acids is 1. The standard InChI is InChI=1S/C10H9BrN2O2S/c1-13-5-6(7(12-13)4-10(14)15)8-2-3-9(11)16-8/h2-3,5H,4H2,1H3,(H,14,15). The molecule has 0 radical (unpaired) electrons. The molecule has 4 nitrogen and oxygen atoms in total. The van der Waals surface area contributed by atoms with Crippen LogP contribution in [-0.4, -0.2) is 20.9 Å². The summed E-state index contributed by atoms with van der Waals surface area (Å²) in [5.74, 6) is -0.865. The van der Waals surface area contributed by atoms with Crippen LogP contribution in [0.1, 0.15) is 5.69 Å². The van der Waals surface area contributed by atoms with Gasteiger partial charge < -0.3 is 5.11 Å². The highest BCUT2D eigenvalue weighted by Crippen LogP contribution is 2.33. The lowest BCUT2D eigenvalue weighted by molar-refractivity contribution is -0.136. The summed E-state index contributed by atoms with van der Waals surface area (Å²) in [5, 5.41) is 13.0. The number of carbonyl (C=O) groups is 1. The molecule has 6 heteroatoms. The van der Waals surface area contributed by atoms with E-state index in [9.17, 15) is 4.79 Å². The number of carboxylic acid groups (broad SMARTS) is 1. The molecule has 2 aromatic heterocycles. The van der Waals surface area contributed by atoms with Crippen molar-refractivity contribution in [2.24, 2.45) is 7.05 Å². The Balaban J connectivity index is 2.43. The number of carboxylic acids is 1. The summed E-state index contributed by atoms with van der Waals surface area (Å²) in [6.07, 6.45) is 1.79. The molecular formula is C10H9BrN2O2S. The van der Waals surface area contributed by atoms with Gasteiger partial charge in [0.2, 0.25) is 0 Å². The molecule has 84 valence electrons. The Morgan fingerprint density at radius 1 is 1.62 bits per heavy atom. The second-order valence-corrected chi connectivity index (χ2v) is 5.80. The zero-order chi connectivity index (χ0) is 11.7. The monoisotopic (exact) mass is 300 g/mol. The maximum atomic E-state index is 10.7. The molecule has 2 heterocycles. The molecule has 0 aliphatic rings. The smallest absolute Gasteiger partial charge is 0.309 e. The van der Waals surface area contributed by atoms with E-state index in [4.69, 9.17) is 5.11 Å². The summed E-state index contributed by atoms with van der Waals surface area (Å²) in [5.41, 5.74) is 1.49. The van der Waals surface area contributed by atoms with Crippen molar-refractivity contribution in [2.45, 2.75) is 6.42 Å². The van der Waals surface area contributed by atoms with Crippen LogP contribution < -0.4 is 0 Å².